The largest absolute Gasteiger partial charge is 0.489 e. The van der Waals surface area contributed by atoms with Crippen LogP contribution in [0.3, 0.4) is 0 Å². The molecule has 0 radical (unpaired) electrons. The summed E-state index contributed by atoms with van der Waals surface area (Å²) < 4.78 is 5.68. The van der Waals surface area contributed by atoms with Gasteiger partial charge in [0.05, 0.1) is 10.5 Å². The highest BCUT2D eigenvalue weighted by Crippen LogP contribution is 2.17. The molecule has 0 amide bonds. The molecule has 29 heavy (non-hydrogen) atoms. The number of nitro benzene ring substituents is 1. The number of hydrogen-bond donors (Lipinski definition) is 1. The zero-order chi connectivity index (χ0) is 20.6. The number of carbonyl (C=O) groups excluding carboxylic acids is 1. The fourth-order valence-corrected chi connectivity index (χ4v) is 2.43. The third-order valence-electron chi connectivity index (χ3n) is 3.90. The maximum absolute atomic E-state index is 12.2. The SMILES string of the molecule is N/C(=N/OC(=O)c1cccc(OCc2ccccc2)c1)c1cccc([N+](=O)[O-])c1. The predicted molar refractivity (Wildman–Crippen MR) is 106 cm³/mol. The van der Waals surface area contributed by atoms with Gasteiger partial charge in [0.15, 0.2) is 5.84 Å². The number of oxime groups is 1. The molecule has 0 aromatic heterocycles. The van der Waals surface area contributed by atoms with Crippen molar-refractivity contribution < 1.29 is 19.3 Å². The van der Waals surface area contributed by atoms with Crippen LogP contribution < -0.4 is 10.5 Å². The summed E-state index contributed by atoms with van der Waals surface area (Å²) >= 11 is 0. The molecular weight excluding hydrogens is 374 g/mol. The number of benzene rings is 3. The summed E-state index contributed by atoms with van der Waals surface area (Å²) in [6.45, 7) is 0.358. The molecule has 3 aromatic carbocycles. The van der Waals surface area contributed by atoms with Crippen molar-refractivity contribution in [2.45, 2.75) is 6.61 Å². The third kappa shape index (κ3) is 5.39. The summed E-state index contributed by atoms with van der Waals surface area (Å²) in [6, 6.07) is 21.6. The van der Waals surface area contributed by atoms with Gasteiger partial charge in [-0.2, -0.15) is 0 Å². The molecule has 0 aliphatic heterocycles. The highest BCUT2D eigenvalue weighted by Gasteiger charge is 2.11. The van der Waals surface area contributed by atoms with Gasteiger partial charge in [0.2, 0.25) is 0 Å². The first-order valence-electron chi connectivity index (χ1n) is 8.59. The molecule has 0 heterocycles. The number of amidine groups is 1. The number of nitro groups is 1. The van der Waals surface area contributed by atoms with Crippen LogP contribution in [0, 0.1) is 10.1 Å². The molecule has 146 valence electrons. The Morgan fingerprint density at radius 2 is 1.69 bits per heavy atom. The average molecular weight is 391 g/mol. The number of nitrogens with zero attached hydrogens (tertiary/aromatic N) is 2. The lowest BCUT2D eigenvalue weighted by Crippen LogP contribution is -2.15. The second kappa shape index (κ2) is 9.14. The van der Waals surface area contributed by atoms with Crippen molar-refractivity contribution in [1.29, 1.82) is 0 Å². The summed E-state index contributed by atoms with van der Waals surface area (Å²) in [4.78, 5) is 27.4. The lowest BCUT2D eigenvalue weighted by atomic mass is 10.2. The van der Waals surface area contributed by atoms with E-state index in [-0.39, 0.29) is 22.6 Å². The second-order valence-electron chi connectivity index (χ2n) is 5.96. The number of ether oxygens (including phenoxy) is 1. The van der Waals surface area contributed by atoms with Crippen molar-refractivity contribution in [3.63, 3.8) is 0 Å². The summed E-state index contributed by atoms with van der Waals surface area (Å²) in [5, 5.41) is 14.4. The van der Waals surface area contributed by atoms with E-state index in [0.29, 0.717) is 12.4 Å². The summed E-state index contributed by atoms with van der Waals surface area (Å²) in [6.07, 6.45) is 0. The Kier molecular flexibility index (Phi) is 6.16. The fourth-order valence-electron chi connectivity index (χ4n) is 2.43. The van der Waals surface area contributed by atoms with E-state index in [0.717, 1.165) is 5.56 Å². The van der Waals surface area contributed by atoms with E-state index in [1.54, 1.807) is 18.2 Å². The van der Waals surface area contributed by atoms with Crippen LogP contribution in [-0.4, -0.2) is 16.7 Å². The molecule has 0 fully saturated rings. The van der Waals surface area contributed by atoms with Crippen molar-refractivity contribution in [1.82, 2.24) is 0 Å². The topological polar surface area (TPSA) is 117 Å². The molecule has 0 unspecified atom stereocenters. The summed E-state index contributed by atoms with van der Waals surface area (Å²) in [7, 11) is 0. The minimum Gasteiger partial charge on any atom is -0.489 e. The van der Waals surface area contributed by atoms with Crippen LogP contribution >= 0.6 is 0 Å². The normalized spacial score (nSPS) is 11.0. The Bertz CT molecular complexity index is 1050. The van der Waals surface area contributed by atoms with Crippen molar-refractivity contribution in [2.75, 3.05) is 0 Å². The number of nitrogens with two attached hydrogens (primary N) is 1. The molecule has 8 nitrogen and oxygen atoms in total. The van der Waals surface area contributed by atoms with E-state index in [1.165, 1.54) is 30.3 Å². The zero-order valence-corrected chi connectivity index (χ0v) is 15.2. The number of hydrogen-bond acceptors (Lipinski definition) is 6. The molecule has 2 N–H and O–H groups in total. The van der Waals surface area contributed by atoms with Crippen LogP contribution in [0.25, 0.3) is 0 Å². The minimum absolute atomic E-state index is 0.143. The molecule has 0 saturated heterocycles. The van der Waals surface area contributed by atoms with Gasteiger partial charge in [0.1, 0.15) is 12.4 Å². The average Bonchev–Trinajstić information content (AvgIpc) is 2.76. The van der Waals surface area contributed by atoms with Crippen molar-refractivity contribution in [2.24, 2.45) is 10.9 Å². The van der Waals surface area contributed by atoms with E-state index in [2.05, 4.69) is 5.16 Å². The van der Waals surface area contributed by atoms with E-state index >= 15 is 0 Å². The minimum atomic E-state index is -0.733. The number of rotatable bonds is 7. The van der Waals surface area contributed by atoms with Gasteiger partial charge in [-0.3, -0.25) is 10.1 Å². The zero-order valence-electron chi connectivity index (χ0n) is 15.2. The first kappa shape index (κ1) is 19.6. The van der Waals surface area contributed by atoms with Gasteiger partial charge in [0, 0.05) is 17.7 Å². The van der Waals surface area contributed by atoms with Crippen molar-refractivity contribution >= 4 is 17.5 Å². The molecule has 0 saturated carbocycles. The Labute approximate surface area is 166 Å². The van der Waals surface area contributed by atoms with E-state index in [4.69, 9.17) is 15.3 Å². The maximum Gasteiger partial charge on any atom is 0.365 e. The van der Waals surface area contributed by atoms with E-state index in [1.807, 2.05) is 30.3 Å². The van der Waals surface area contributed by atoms with Crippen LogP contribution in [0.4, 0.5) is 5.69 Å². The molecule has 3 aromatic rings. The van der Waals surface area contributed by atoms with E-state index < -0.39 is 10.9 Å². The standard InChI is InChI=1S/C21H17N3O5/c22-20(16-8-4-10-18(12-16)24(26)27)23-29-21(25)17-9-5-11-19(13-17)28-14-15-6-2-1-3-7-15/h1-13H,14H2,(H2,22,23). The molecule has 0 aliphatic rings. The van der Waals surface area contributed by atoms with Crippen molar-refractivity contribution in [3.05, 3.63) is 106 Å². The van der Waals surface area contributed by atoms with Gasteiger partial charge in [-0.1, -0.05) is 53.7 Å². The summed E-state index contributed by atoms with van der Waals surface area (Å²) in [5.41, 5.74) is 7.11. The second-order valence-corrected chi connectivity index (χ2v) is 5.96. The maximum atomic E-state index is 12.2. The first-order valence-corrected chi connectivity index (χ1v) is 8.59. The summed E-state index contributed by atoms with van der Waals surface area (Å²) in [5.74, 6) is -0.388. The van der Waals surface area contributed by atoms with Crippen LogP contribution in [0.1, 0.15) is 21.5 Å². The van der Waals surface area contributed by atoms with Gasteiger partial charge < -0.3 is 15.3 Å². The lowest BCUT2D eigenvalue weighted by Gasteiger charge is -2.07. The van der Waals surface area contributed by atoms with Crippen LogP contribution in [0.2, 0.25) is 0 Å². The molecule has 0 atom stereocenters. The van der Waals surface area contributed by atoms with Gasteiger partial charge in [-0.15, -0.1) is 0 Å². The highest BCUT2D eigenvalue weighted by molar-refractivity contribution is 5.98. The quantitative estimate of drug-likeness (QED) is 0.216. The van der Waals surface area contributed by atoms with Crippen LogP contribution in [0.5, 0.6) is 5.75 Å². The fraction of sp³-hybridized carbons (Fsp3) is 0.0476. The van der Waals surface area contributed by atoms with Crippen LogP contribution in [-0.2, 0) is 11.4 Å². The molecule has 0 bridgehead atoms. The van der Waals surface area contributed by atoms with E-state index in [9.17, 15) is 14.9 Å². The molecule has 3 rings (SSSR count). The van der Waals surface area contributed by atoms with Crippen molar-refractivity contribution in [3.8, 4) is 5.75 Å². The molecular formula is C21H17N3O5. The van der Waals surface area contributed by atoms with Crippen LogP contribution in [0.15, 0.2) is 84.0 Å². The smallest absolute Gasteiger partial charge is 0.365 e. The Hall–Kier alpha value is -4.20. The molecule has 0 aliphatic carbocycles. The third-order valence-corrected chi connectivity index (χ3v) is 3.90. The highest BCUT2D eigenvalue weighted by atomic mass is 16.7. The van der Waals surface area contributed by atoms with Gasteiger partial charge in [-0.25, -0.2) is 4.79 Å². The molecule has 8 heteroatoms. The molecule has 0 spiro atoms. The Balaban J connectivity index is 1.65. The lowest BCUT2D eigenvalue weighted by molar-refractivity contribution is -0.384. The Morgan fingerprint density at radius 3 is 2.45 bits per heavy atom. The monoisotopic (exact) mass is 391 g/mol. The van der Waals surface area contributed by atoms with Gasteiger partial charge in [0.25, 0.3) is 5.69 Å². The number of non-ortho nitro benzene ring substituents is 1. The predicted octanol–water partition coefficient (Wildman–Crippen LogP) is 3.65. The van der Waals surface area contributed by atoms with Gasteiger partial charge in [-0.05, 0) is 23.8 Å². The number of carbonyl (C=O) groups is 1. The Morgan fingerprint density at radius 1 is 0.966 bits per heavy atom. The first-order chi connectivity index (χ1) is 14.0. The van der Waals surface area contributed by atoms with Gasteiger partial charge >= 0.3 is 5.97 Å².